The Bertz CT molecular complexity index is 602. The largest absolute Gasteiger partial charge is 0.347 e. The molecular weight excluding hydrogens is 300 g/mol. The molecule has 2 bridgehead atoms. The van der Waals surface area contributed by atoms with Gasteiger partial charge in [0.2, 0.25) is 11.8 Å². The molecule has 0 saturated heterocycles. The molecule has 2 N–H and O–H groups in total. The van der Waals surface area contributed by atoms with Crippen LogP contribution >= 0.6 is 11.6 Å². The zero-order valence-electron chi connectivity index (χ0n) is 12.7. The number of amides is 2. The Morgan fingerprint density at radius 2 is 2.09 bits per heavy atom. The predicted molar refractivity (Wildman–Crippen MR) is 86.8 cm³/mol. The fourth-order valence-corrected chi connectivity index (χ4v) is 3.98. The first-order chi connectivity index (χ1) is 10.5. The number of fused-ring (bicyclic) bond motifs is 2. The maximum atomic E-state index is 12.2. The van der Waals surface area contributed by atoms with Crippen LogP contribution in [-0.4, -0.2) is 18.4 Å². The molecule has 0 spiro atoms. The fraction of sp³-hybridized carbons (Fsp3) is 0.529. The second-order valence-electron chi connectivity index (χ2n) is 6.46. The number of rotatable bonds is 4. The van der Waals surface area contributed by atoms with E-state index in [1.807, 2.05) is 6.92 Å². The van der Waals surface area contributed by atoms with Crippen LogP contribution in [0.25, 0.3) is 0 Å². The molecule has 118 valence electrons. The van der Waals surface area contributed by atoms with Gasteiger partial charge in [0.25, 0.3) is 0 Å². The van der Waals surface area contributed by atoms with Gasteiger partial charge in [0.15, 0.2) is 0 Å². The highest BCUT2D eigenvalue weighted by Crippen LogP contribution is 2.48. The molecule has 5 heteroatoms. The number of halogens is 1. The summed E-state index contributed by atoms with van der Waals surface area (Å²) < 4.78 is 0. The highest BCUT2D eigenvalue weighted by molar-refractivity contribution is 6.31. The van der Waals surface area contributed by atoms with Crippen molar-refractivity contribution in [1.82, 2.24) is 5.32 Å². The van der Waals surface area contributed by atoms with Crippen molar-refractivity contribution in [2.45, 2.75) is 32.6 Å². The Morgan fingerprint density at radius 1 is 1.27 bits per heavy atom. The summed E-state index contributed by atoms with van der Waals surface area (Å²) in [6.45, 7) is 1.87. The summed E-state index contributed by atoms with van der Waals surface area (Å²) >= 11 is 6.03. The van der Waals surface area contributed by atoms with Gasteiger partial charge in [-0.05, 0) is 55.7 Å². The monoisotopic (exact) mass is 320 g/mol. The van der Waals surface area contributed by atoms with Crippen LogP contribution in [0.5, 0.6) is 0 Å². The summed E-state index contributed by atoms with van der Waals surface area (Å²) in [6, 6.07) is 5.37. The molecule has 0 aliphatic heterocycles. The first kappa shape index (κ1) is 15.3. The third-order valence-electron chi connectivity index (χ3n) is 5.04. The van der Waals surface area contributed by atoms with Crippen molar-refractivity contribution in [2.75, 3.05) is 11.9 Å². The average Bonchev–Trinajstić information content (AvgIpc) is 3.12. The molecule has 3 unspecified atom stereocenters. The van der Waals surface area contributed by atoms with Gasteiger partial charge in [0, 0.05) is 16.6 Å². The Morgan fingerprint density at radius 3 is 2.77 bits per heavy atom. The van der Waals surface area contributed by atoms with Crippen LogP contribution in [0.3, 0.4) is 0 Å². The molecule has 22 heavy (non-hydrogen) atoms. The molecule has 2 fully saturated rings. The molecule has 2 saturated carbocycles. The van der Waals surface area contributed by atoms with Gasteiger partial charge in [-0.25, -0.2) is 0 Å². The van der Waals surface area contributed by atoms with Crippen LogP contribution in [0.15, 0.2) is 18.2 Å². The summed E-state index contributed by atoms with van der Waals surface area (Å²) in [5.41, 5.74) is 1.52. The second kappa shape index (κ2) is 6.29. The number of anilines is 1. The molecule has 1 aromatic carbocycles. The maximum absolute atomic E-state index is 12.2. The minimum Gasteiger partial charge on any atom is -0.347 e. The van der Waals surface area contributed by atoms with Crippen molar-refractivity contribution in [3.63, 3.8) is 0 Å². The lowest BCUT2D eigenvalue weighted by Gasteiger charge is -2.20. The highest BCUT2D eigenvalue weighted by atomic mass is 35.5. The van der Waals surface area contributed by atoms with Gasteiger partial charge < -0.3 is 10.6 Å². The molecule has 2 aliphatic rings. The van der Waals surface area contributed by atoms with Crippen LogP contribution in [0, 0.1) is 24.7 Å². The summed E-state index contributed by atoms with van der Waals surface area (Å²) in [5.74, 6) is 1.18. The third kappa shape index (κ3) is 3.12. The van der Waals surface area contributed by atoms with E-state index < -0.39 is 0 Å². The van der Waals surface area contributed by atoms with E-state index in [1.54, 1.807) is 18.2 Å². The number of benzene rings is 1. The maximum Gasteiger partial charge on any atom is 0.243 e. The van der Waals surface area contributed by atoms with Crippen LogP contribution < -0.4 is 10.6 Å². The van der Waals surface area contributed by atoms with E-state index in [-0.39, 0.29) is 24.3 Å². The van der Waals surface area contributed by atoms with Crippen molar-refractivity contribution in [2.24, 2.45) is 17.8 Å². The van der Waals surface area contributed by atoms with E-state index in [1.165, 1.54) is 12.8 Å². The van der Waals surface area contributed by atoms with Gasteiger partial charge in [-0.15, -0.1) is 0 Å². The lowest BCUT2D eigenvalue weighted by Crippen LogP contribution is -2.38. The van der Waals surface area contributed by atoms with E-state index >= 15 is 0 Å². The predicted octanol–water partition coefficient (Wildman–Crippen LogP) is 3.14. The van der Waals surface area contributed by atoms with Gasteiger partial charge in [0.1, 0.15) is 0 Å². The smallest absolute Gasteiger partial charge is 0.243 e. The first-order valence-electron chi connectivity index (χ1n) is 7.87. The Kier molecular flexibility index (Phi) is 4.39. The van der Waals surface area contributed by atoms with Gasteiger partial charge in [0.05, 0.1) is 6.54 Å². The van der Waals surface area contributed by atoms with Crippen molar-refractivity contribution < 1.29 is 9.59 Å². The number of carbonyl (C=O) groups is 2. The quantitative estimate of drug-likeness (QED) is 0.895. The summed E-state index contributed by atoms with van der Waals surface area (Å²) in [7, 11) is 0. The number of hydrogen-bond donors (Lipinski definition) is 2. The SMILES string of the molecule is Cc1c(Cl)cccc1NC(=O)CNC(=O)C1CC2CCC1C2. The second-order valence-corrected chi connectivity index (χ2v) is 6.87. The molecule has 1 aromatic rings. The van der Waals surface area contributed by atoms with Crippen molar-refractivity contribution in [1.29, 1.82) is 0 Å². The fourth-order valence-electron chi connectivity index (χ4n) is 3.80. The Labute approximate surface area is 135 Å². The van der Waals surface area contributed by atoms with Crippen LogP contribution in [-0.2, 0) is 9.59 Å². The van der Waals surface area contributed by atoms with E-state index in [2.05, 4.69) is 10.6 Å². The molecule has 3 atom stereocenters. The lowest BCUT2D eigenvalue weighted by molar-refractivity contribution is -0.128. The molecule has 0 radical (unpaired) electrons. The molecule has 4 nitrogen and oxygen atoms in total. The minimum atomic E-state index is -0.220. The topological polar surface area (TPSA) is 58.2 Å². The van der Waals surface area contributed by atoms with Crippen molar-refractivity contribution in [3.8, 4) is 0 Å². The average molecular weight is 321 g/mol. The summed E-state index contributed by atoms with van der Waals surface area (Å²) in [4.78, 5) is 24.2. The summed E-state index contributed by atoms with van der Waals surface area (Å²) in [5, 5.41) is 6.19. The van der Waals surface area contributed by atoms with E-state index in [9.17, 15) is 9.59 Å². The summed E-state index contributed by atoms with van der Waals surface area (Å²) in [6.07, 6.45) is 4.61. The molecular formula is C17H21ClN2O2. The molecule has 0 aromatic heterocycles. The van der Waals surface area contributed by atoms with Gasteiger partial charge in [-0.1, -0.05) is 24.1 Å². The highest BCUT2D eigenvalue weighted by Gasteiger charge is 2.42. The van der Waals surface area contributed by atoms with Crippen LogP contribution in [0.4, 0.5) is 5.69 Å². The molecule has 3 rings (SSSR count). The number of carbonyl (C=O) groups excluding carboxylic acids is 2. The Hall–Kier alpha value is -1.55. The number of hydrogen-bond acceptors (Lipinski definition) is 2. The molecule has 0 heterocycles. The normalized spacial score (nSPS) is 26.0. The lowest BCUT2D eigenvalue weighted by atomic mass is 9.88. The van der Waals surface area contributed by atoms with Crippen LogP contribution in [0.1, 0.15) is 31.2 Å². The standard InChI is InChI=1S/C17H21ClN2O2/c1-10-14(18)3-2-4-15(10)20-16(21)9-19-17(22)13-8-11-5-6-12(13)7-11/h2-4,11-13H,5-9H2,1H3,(H,19,22)(H,20,21). The first-order valence-corrected chi connectivity index (χ1v) is 8.25. The van der Waals surface area contributed by atoms with Crippen molar-refractivity contribution >= 4 is 29.1 Å². The zero-order chi connectivity index (χ0) is 15.7. The van der Waals surface area contributed by atoms with E-state index in [4.69, 9.17) is 11.6 Å². The zero-order valence-corrected chi connectivity index (χ0v) is 13.5. The van der Waals surface area contributed by atoms with Crippen LogP contribution in [0.2, 0.25) is 5.02 Å². The minimum absolute atomic E-state index is 0.0126. The van der Waals surface area contributed by atoms with Crippen molar-refractivity contribution in [3.05, 3.63) is 28.8 Å². The van der Waals surface area contributed by atoms with E-state index in [0.29, 0.717) is 16.6 Å². The van der Waals surface area contributed by atoms with Gasteiger partial charge in [-0.3, -0.25) is 9.59 Å². The third-order valence-corrected chi connectivity index (χ3v) is 5.45. The molecule has 2 amide bonds. The van der Waals surface area contributed by atoms with E-state index in [0.717, 1.165) is 24.3 Å². The van der Waals surface area contributed by atoms with Gasteiger partial charge >= 0.3 is 0 Å². The Balaban J connectivity index is 1.50. The molecule has 2 aliphatic carbocycles. The van der Waals surface area contributed by atoms with Gasteiger partial charge in [-0.2, -0.15) is 0 Å². The number of nitrogens with one attached hydrogen (secondary N) is 2.